The molecule has 14 heteroatoms. The van der Waals surface area contributed by atoms with Crippen molar-refractivity contribution in [3.05, 3.63) is 130 Å². The number of aromatic nitrogens is 1. The summed E-state index contributed by atoms with van der Waals surface area (Å²) >= 11 is 2.67. The number of thiazole rings is 1. The Kier molecular flexibility index (Phi) is 13.3. The zero-order valence-corrected chi connectivity index (χ0v) is 32.8. The van der Waals surface area contributed by atoms with Crippen LogP contribution in [0.3, 0.4) is 0 Å². The molecule has 54 heavy (non-hydrogen) atoms. The van der Waals surface area contributed by atoms with Gasteiger partial charge in [0.2, 0.25) is 5.79 Å². The first kappa shape index (κ1) is 40.2. The molecule has 1 aromatic heterocycles. The average Bonchev–Trinajstić information content (AvgIpc) is 3.65. The van der Waals surface area contributed by atoms with Gasteiger partial charge in [-0.25, -0.2) is 9.78 Å². The number of methoxy groups -OCH3 is 1. The highest BCUT2D eigenvalue weighted by atomic mass is 32.2. The summed E-state index contributed by atoms with van der Waals surface area (Å²) in [6.07, 6.45) is 0. The average molecular weight is 771 g/mol. The summed E-state index contributed by atoms with van der Waals surface area (Å²) in [6, 6.07) is 29.2. The zero-order chi connectivity index (χ0) is 38.9. The van der Waals surface area contributed by atoms with Crippen LogP contribution in [0.5, 0.6) is 0 Å². The molecule has 0 bridgehead atoms. The Morgan fingerprint density at radius 3 is 1.94 bits per heavy atom. The quantitative estimate of drug-likeness (QED) is 0.0393. The lowest BCUT2D eigenvalue weighted by molar-refractivity contribution is -0.197. The lowest BCUT2D eigenvalue weighted by Crippen LogP contribution is -2.71. The number of ether oxygens (including phenoxy) is 1. The van der Waals surface area contributed by atoms with Gasteiger partial charge in [0.15, 0.2) is 10.8 Å². The van der Waals surface area contributed by atoms with Gasteiger partial charge in [0.25, 0.3) is 11.8 Å². The molecule has 12 nitrogen and oxygen atoms in total. The van der Waals surface area contributed by atoms with E-state index in [1.165, 1.54) is 35.1 Å². The van der Waals surface area contributed by atoms with E-state index in [-0.39, 0.29) is 17.1 Å². The summed E-state index contributed by atoms with van der Waals surface area (Å²) in [6.45, 7) is 11.4. The molecule has 2 atom stereocenters. The molecule has 4 aromatic rings. The summed E-state index contributed by atoms with van der Waals surface area (Å²) in [7, 11) is 1.45. The van der Waals surface area contributed by atoms with Gasteiger partial charge in [-0.1, -0.05) is 110 Å². The number of amides is 2. The molecule has 6 rings (SSSR count). The van der Waals surface area contributed by atoms with Crippen molar-refractivity contribution in [1.29, 1.82) is 0 Å². The van der Waals surface area contributed by atoms with Gasteiger partial charge in [-0.3, -0.25) is 14.5 Å². The minimum Gasteiger partial charge on any atom is -0.477 e. The topological polar surface area (TPSA) is 154 Å². The second-order valence-corrected chi connectivity index (χ2v) is 14.9. The van der Waals surface area contributed by atoms with Crippen LogP contribution in [0.25, 0.3) is 0 Å². The second-order valence-electron chi connectivity index (χ2n) is 12.9. The molecule has 284 valence electrons. The third kappa shape index (κ3) is 8.68. The highest BCUT2D eigenvalue weighted by Gasteiger charge is 2.54. The molecule has 2 aliphatic heterocycles. The summed E-state index contributed by atoms with van der Waals surface area (Å²) in [5.74, 6) is -3.16. The molecule has 4 N–H and O–H groups in total. The number of anilines is 1. The van der Waals surface area contributed by atoms with Crippen molar-refractivity contribution in [1.82, 2.24) is 20.5 Å². The summed E-state index contributed by atoms with van der Waals surface area (Å²) in [5, 5.41) is 25.1. The maximum Gasteiger partial charge on any atom is 0.352 e. The van der Waals surface area contributed by atoms with Gasteiger partial charge in [-0.2, -0.15) is 0 Å². The number of hydrogen-bond donors (Lipinski definition) is 4. The molecule has 1 fully saturated rings. The lowest BCUT2D eigenvalue weighted by atomic mass is 9.77. The number of fused-ring (bicyclic) bond motifs is 1. The maximum atomic E-state index is 13.9. The smallest absolute Gasteiger partial charge is 0.352 e. The van der Waals surface area contributed by atoms with Gasteiger partial charge in [-0.15, -0.1) is 23.1 Å². The number of oxime groups is 1. The Balaban J connectivity index is 0.00000105. The van der Waals surface area contributed by atoms with Crippen LogP contribution in [0.2, 0.25) is 0 Å². The minimum atomic E-state index is -1.18. The van der Waals surface area contributed by atoms with Crippen LogP contribution in [-0.4, -0.2) is 81.6 Å². The molecule has 2 aliphatic rings. The number of carbonyl (C=O) groups excluding carboxylic acids is 2. The van der Waals surface area contributed by atoms with Gasteiger partial charge < -0.3 is 30.6 Å². The molecular formula is C40H46N6O6S2. The molecule has 2 amide bonds. The number of rotatable bonds is 14. The van der Waals surface area contributed by atoms with Crippen LogP contribution >= 0.6 is 23.1 Å². The number of aliphatic carboxylic acids is 1. The summed E-state index contributed by atoms with van der Waals surface area (Å²) < 4.78 is 5.35. The van der Waals surface area contributed by atoms with Crippen LogP contribution < -0.4 is 16.0 Å². The number of carboxylic acid groups (broad SMARTS) is 1. The van der Waals surface area contributed by atoms with Gasteiger partial charge in [0.05, 0.1) is 0 Å². The highest BCUT2D eigenvalue weighted by Crippen LogP contribution is 2.42. The summed E-state index contributed by atoms with van der Waals surface area (Å²) in [5.41, 5.74) is 2.65. The lowest BCUT2D eigenvalue weighted by Gasteiger charge is -2.49. The number of benzene rings is 3. The Labute approximate surface area is 324 Å². The van der Waals surface area contributed by atoms with Crippen LogP contribution in [0.4, 0.5) is 5.13 Å². The van der Waals surface area contributed by atoms with Gasteiger partial charge in [0, 0.05) is 32.1 Å². The molecule has 3 aromatic carbocycles. The largest absolute Gasteiger partial charge is 0.477 e. The van der Waals surface area contributed by atoms with Crippen LogP contribution in [0.15, 0.2) is 113 Å². The van der Waals surface area contributed by atoms with E-state index in [1.807, 2.05) is 54.6 Å². The number of nitrogens with one attached hydrogen (secondary N) is 3. The third-order valence-corrected chi connectivity index (χ3v) is 11.1. The fourth-order valence-corrected chi connectivity index (χ4v) is 8.06. The second kappa shape index (κ2) is 17.9. The van der Waals surface area contributed by atoms with E-state index in [9.17, 15) is 19.5 Å². The number of thioether (sulfide) groups is 1. The van der Waals surface area contributed by atoms with Crippen LogP contribution in [-0.2, 0) is 29.5 Å². The molecule has 0 saturated carbocycles. The van der Waals surface area contributed by atoms with Crippen LogP contribution in [0.1, 0.15) is 57.0 Å². The molecule has 1 saturated heterocycles. The van der Waals surface area contributed by atoms with Crippen molar-refractivity contribution in [2.24, 2.45) is 5.16 Å². The Morgan fingerprint density at radius 2 is 1.48 bits per heavy atom. The fraction of sp³-hybridized carbons (Fsp3) is 0.325. The fourth-order valence-electron chi connectivity index (χ4n) is 6.01. The molecule has 0 radical (unpaired) electrons. The molecule has 0 spiro atoms. The molecule has 3 heterocycles. The number of β-lactam (4-membered cyclic amide) rings is 1. The van der Waals surface area contributed by atoms with Crippen LogP contribution in [0, 0.1) is 0 Å². The van der Waals surface area contributed by atoms with E-state index in [0.717, 1.165) is 29.8 Å². The van der Waals surface area contributed by atoms with Crippen molar-refractivity contribution < 1.29 is 29.1 Å². The van der Waals surface area contributed by atoms with E-state index >= 15 is 0 Å². The molecule has 0 aliphatic carbocycles. The molecule has 1 unspecified atom stereocenters. The van der Waals surface area contributed by atoms with Crippen molar-refractivity contribution in [3.8, 4) is 0 Å². The maximum absolute atomic E-state index is 13.9. The van der Waals surface area contributed by atoms with E-state index in [2.05, 4.69) is 71.4 Å². The zero-order valence-electron chi connectivity index (χ0n) is 31.2. The first-order valence-electron chi connectivity index (χ1n) is 17.6. The van der Waals surface area contributed by atoms with Gasteiger partial charge in [0.1, 0.15) is 28.3 Å². The van der Waals surface area contributed by atoms with E-state index in [1.54, 1.807) is 26.2 Å². The standard InChI is InChI=1S/C36H35N5O6S2.C4H11N/c1-22-20-48-32-28(31(43)41(32)29(22)33(44)45)38-30(42)27(40-47-35(2,3)46-4)26-21-49-34(37-26)39-36(23-14-8-5-9-15-23,24-16-10-6-11-17-24)25-18-12-7-13-19-25;1-3-5-4-2/h5-19,21,28,32H,20H2,1-4H3,(H,37,39)(H,38,42)(H,44,45);5H,3-4H2,1-2H3/t28?,32-;/m1./s1. The van der Waals surface area contributed by atoms with Crippen molar-refractivity contribution in [2.75, 3.05) is 31.3 Å². The van der Waals surface area contributed by atoms with Crippen molar-refractivity contribution >= 4 is 51.7 Å². The Bertz CT molecular complexity index is 1870. The monoisotopic (exact) mass is 770 g/mol. The van der Waals surface area contributed by atoms with Gasteiger partial charge >= 0.3 is 5.97 Å². The normalized spacial score (nSPS) is 17.1. The number of hydrogen-bond acceptors (Lipinski definition) is 11. The minimum absolute atomic E-state index is 0.0488. The number of nitrogens with zero attached hydrogens (tertiary/aromatic N) is 3. The third-order valence-electron chi connectivity index (χ3n) is 8.87. The number of carbonyl (C=O) groups is 3. The predicted molar refractivity (Wildman–Crippen MR) is 213 cm³/mol. The Hall–Kier alpha value is -5.02. The SMILES string of the molecule is CCNCC.COC(C)(C)ON=C(C(=O)NC1C(=O)N2C(C(=O)O)=C(C)CS[C@H]12)c1csc(NC(c2ccccc2)(c2ccccc2)c2ccccc2)n1. The number of carboxylic acids is 1. The van der Waals surface area contributed by atoms with Gasteiger partial charge in [-0.05, 0) is 42.3 Å². The first-order valence-corrected chi connectivity index (χ1v) is 19.5. The van der Waals surface area contributed by atoms with E-state index in [4.69, 9.17) is 14.6 Å². The van der Waals surface area contributed by atoms with Crippen molar-refractivity contribution in [3.63, 3.8) is 0 Å². The predicted octanol–water partition coefficient (Wildman–Crippen LogP) is 6.02. The van der Waals surface area contributed by atoms with Crippen molar-refractivity contribution in [2.45, 2.75) is 57.4 Å². The molecular weight excluding hydrogens is 725 g/mol. The van der Waals surface area contributed by atoms with E-state index < -0.39 is 40.5 Å². The Morgan fingerprint density at radius 1 is 0.944 bits per heavy atom. The highest BCUT2D eigenvalue weighted by molar-refractivity contribution is 8.00. The summed E-state index contributed by atoms with van der Waals surface area (Å²) in [4.78, 5) is 50.6. The van der Waals surface area contributed by atoms with E-state index in [0.29, 0.717) is 16.5 Å². The first-order chi connectivity index (χ1) is 26.0.